The maximum Gasteiger partial charge on any atom is 0.179 e. The summed E-state index contributed by atoms with van der Waals surface area (Å²) in [5.41, 5.74) is 8.87. The number of methoxy groups -OCH3 is 2. The molecule has 1 heterocycles. The molecule has 2 aromatic rings. The first-order valence-corrected chi connectivity index (χ1v) is 11.9. The van der Waals surface area contributed by atoms with E-state index >= 15 is 0 Å². The van der Waals surface area contributed by atoms with Crippen LogP contribution < -0.4 is 25.4 Å². The number of nitrogens with one attached hydrogen (secondary N) is 1. The van der Waals surface area contributed by atoms with E-state index in [1.807, 2.05) is 19.1 Å². The van der Waals surface area contributed by atoms with Crippen molar-refractivity contribution in [3.8, 4) is 11.5 Å². The third kappa shape index (κ3) is 5.31. The van der Waals surface area contributed by atoms with Gasteiger partial charge < -0.3 is 25.4 Å². The van der Waals surface area contributed by atoms with Gasteiger partial charge in [0.1, 0.15) is 0 Å². The van der Waals surface area contributed by atoms with Gasteiger partial charge in [0, 0.05) is 44.0 Å². The summed E-state index contributed by atoms with van der Waals surface area (Å²) in [5, 5.41) is 3.71. The van der Waals surface area contributed by atoms with E-state index in [1.54, 1.807) is 12.1 Å². The summed E-state index contributed by atoms with van der Waals surface area (Å²) in [6, 6.07) is 7.26. The lowest BCUT2D eigenvalue weighted by Crippen LogP contribution is -2.43. The zero-order valence-electron chi connectivity index (χ0n) is 18.1. The molecule has 0 radical (unpaired) electrons. The topological polar surface area (TPSA) is 93.9 Å². The number of sulfone groups is 1. The Balaban J connectivity index is 0.00000341. The van der Waals surface area contributed by atoms with E-state index in [2.05, 4.69) is 10.2 Å². The molecule has 3 N–H and O–H groups in total. The molecule has 0 aliphatic carbocycles. The van der Waals surface area contributed by atoms with Gasteiger partial charge in [-0.3, -0.25) is 0 Å². The molecule has 1 fully saturated rings. The van der Waals surface area contributed by atoms with Crippen molar-refractivity contribution < 1.29 is 17.9 Å². The number of nitrogen functional groups attached to an aromatic ring is 1. The summed E-state index contributed by atoms with van der Waals surface area (Å²) in [5.74, 6) is 0.628. The third-order valence-electron chi connectivity index (χ3n) is 5.41. The fourth-order valence-corrected chi connectivity index (χ4v) is 5.33. The van der Waals surface area contributed by atoms with E-state index in [0.717, 1.165) is 37.4 Å². The highest BCUT2D eigenvalue weighted by atomic mass is 35.5. The minimum atomic E-state index is -3.55. The second kappa shape index (κ2) is 10.2. The molecule has 1 unspecified atom stereocenters. The molecule has 1 saturated heterocycles. The molecule has 31 heavy (non-hydrogen) atoms. The summed E-state index contributed by atoms with van der Waals surface area (Å²) >= 11 is 6.40. The van der Waals surface area contributed by atoms with Crippen molar-refractivity contribution in [3.05, 3.63) is 40.4 Å². The van der Waals surface area contributed by atoms with Crippen LogP contribution in [0.1, 0.15) is 24.0 Å². The minimum Gasteiger partial charge on any atom is -0.493 e. The predicted octanol–water partition coefficient (Wildman–Crippen LogP) is 3.33. The van der Waals surface area contributed by atoms with Crippen molar-refractivity contribution in [1.82, 2.24) is 5.32 Å². The minimum absolute atomic E-state index is 0. The van der Waals surface area contributed by atoms with Crippen LogP contribution in [0.25, 0.3) is 0 Å². The molecule has 10 heteroatoms. The average molecular weight is 490 g/mol. The molecular formula is C21H29Cl2N3O4S. The van der Waals surface area contributed by atoms with E-state index in [1.165, 1.54) is 20.5 Å². The van der Waals surface area contributed by atoms with Crippen molar-refractivity contribution >= 4 is 45.2 Å². The number of piperazine rings is 1. The number of hydrogen-bond acceptors (Lipinski definition) is 7. The number of hydrogen-bond donors (Lipinski definition) is 2. The van der Waals surface area contributed by atoms with Crippen molar-refractivity contribution in [2.24, 2.45) is 0 Å². The summed E-state index contributed by atoms with van der Waals surface area (Å²) in [6.07, 6.45) is 1.18. The van der Waals surface area contributed by atoms with Crippen LogP contribution in [0.4, 0.5) is 11.4 Å². The van der Waals surface area contributed by atoms with Gasteiger partial charge in [-0.15, -0.1) is 12.4 Å². The molecule has 0 saturated carbocycles. The fourth-order valence-electron chi connectivity index (χ4n) is 3.88. The molecule has 1 aliphatic rings. The lowest BCUT2D eigenvalue weighted by molar-refractivity contribution is 0.354. The smallest absolute Gasteiger partial charge is 0.179 e. The first kappa shape index (κ1) is 25.4. The van der Waals surface area contributed by atoms with Crippen molar-refractivity contribution in [1.29, 1.82) is 0 Å². The zero-order chi connectivity index (χ0) is 22.1. The number of halogens is 2. The summed E-state index contributed by atoms with van der Waals surface area (Å²) in [4.78, 5) is 2.36. The Morgan fingerprint density at radius 3 is 2.32 bits per heavy atom. The molecule has 2 aromatic carbocycles. The fraction of sp³-hybridized carbons (Fsp3) is 0.429. The monoisotopic (exact) mass is 489 g/mol. The van der Waals surface area contributed by atoms with Crippen molar-refractivity contribution in [2.75, 3.05) is 57.3 Å². The predicted molar refractivity (Wildman–Crippen MR) is 128 cm³/mol. The van der Waals surface area contributed by atoms with Gasteiger partial charge in [-0.1, -0.05) is 18.5 Å². The number of ether oxygens (including phenoxy) is 2. The van der Waals surface area contributed by atoms with Crippen LogP contribution in [-0.4, -0.2) is 55.1 Å². The molecule has 3 rings (SSSR count). The van der Waals surface area contributed by atoms with Gasteiger partial charge in [-0.25, -0.2) is 8.42 Å². The SMILES string of the molecule is COc1cc(C(C)c2cc(N3CCNCC3)cc(N)c2S(C)(=O)=O)cc(Cl)c1OC.Cl. The first-order chi connectivity index (χ1) is 14.2. The van der Waals surface area contributed by atoms with Crippen LogP contribution in [0.3, 0.4) is 0 Å². The molecule has 1 aliphatic heterocycles. The highest BCUT2D eigenvalue weighted by molar-refractivity contribution is 7.91. The molecular weight excluding hydrogens is 461 g/mol. The summed E-state index contributed by atoms with van der Waals surface area (Å²) in [7, 11) is -0.493. The van der Waals surface area contributed by atoms with Crippen LogP contribution >= 0.6 is 24.0 Å². The molecule has 0 amide bonds. The maximum absolute atomic E-state index is 12.6. The lowest BCUT2D eigenvalue weighted by atomic mass is 9.91. The van der Waals surface area contributed by atoms with Gasteiger partial charge >= 0.3 is 0 Å². The largest absolute Gasteiger partial charge is 0.493 e. The van der Waals surface area contributed by atoms with Crippen molar-refractivity contribution in [3.63, 3.8) is 0 Å². The highest BCUT2D eigenvalue weighted by Crippen LogP contribution is 2.42. The van der Waals surface area contributed by atoms with Crippen LogP contribution in [0.2, 0.25) is 5.02 Å². The second-order valence-electron chi connectivity index (χ2n) is 7.42. The van der Waals surface area contributed by atoms with Crippen LogP contribution in [-0.2, 0) is 9.84 Å². The Morgan fingerprint density at radius 2 is 1.77 bits per heavy atom. The number of nitrogens with zero attached hydrogens (tertiary/aromatic N) is 1. The van der Waals surface area contributed by atoms with Crippen LogP contribution in [0.15, 0.2) is 29.2 Å². The second-order valence-corrected chi connectivity index (χ2v) is 9.78. The lowest BCUT2D eigenvalue weighted by Gasteiger charge is -2.31. The summed E-state index contributed by atoms with van der Waals surface area (Å²) < 4.78 is 36.0. The molecule has 7 nitrogen and oxygen atoms in total. The average Bonchev–Trinajstić information content (AvgIpc) is 2.71. The normalized spacial score (nSPS) is 15.2. The van der Waals surface area contributed by atoms with Gasteiger partial charge in [0.15, 0.2) is 21.3 Å². The van der Waals surface area contributed by atoms with E-state index in [9.17, 15) is 8.42 Å². The number of anilines is 2. The van der Waals surface area contributed by atoms with E-state index < -0.39 is 9.84 Å². The third-order valence-corrected chi connectivity index (χ3v) is 6.90. The Bertz CT molecular complexity index is 1040. The number of rotatable bonds is 6. The Labute approximate surface area is 195 Å². The Morgan fingerprint density at radius 1 is 1.13 bits per heavy atom. The van der Waals surface area contributed by atoms with E-state index in [0.29, 0.717) is 22.1 Å². The Hall–Kier alpha value is -1.87. The standard InChI is InChI=1S/C21H28ClN3O4S.ClH/c1-13(14-9-17(22)20(29-3)19(10-14)28-2)16-11-15(25-7-5-24-6-8-25)12-18(23)21(16)30(4,26)27;/h9-13,24H,5-8,23H2,1-4H3;1H. The molecule has 0 aromatic heterocycles. The van der Waals surface area contributed by atoms with Crippen molar-refractivity contribution in [2.45, 2.75) is 17.7 Å². The van der Waals surface area contributed by atoms with Crippen LogP contribution in [0.5, 0.6) is 11.5 Å². The highest BCUT2D eigenvalue weighted by Gasteiger charge is 2.26. The van der Waals surface area contributed by atoms with Gasteiger partial charge in [0.05, 0.1) is 29.8 Å². The van der Waals surface area contributed by atoms with Gasteiger partial charge in [-0.2, -0.15) is 0 Å². The molecule has 0 spiro atoms. The molecule has 172 valence electrons. The number of benzene rings is 2. The maximum atomic E-state index is 12.6. The molecule has 0 bridgehead atoms. The van der Waals surface area contributed by atoms with Crippen LogP contribution in [0, 0.1) is 0 Å². The van der Waals surface area contributed by atoms with E-state index in [-0.39, 0.29) is 28.9 Å². The Kier molecular flexibility index (Phi) is 8.33. The van der Waals surface area contributed by atoms with Gasteiger partial charge in [0.2, 0.25) is 0 Å². The zero-order valence-corrected chi connectivity index (χ0v) is 20.5. The summed E-state index contributed by atoms with van der Waals surface area (Å²) in [6.45, 7) is 5.32. The first-order valence-electron chi connectivity index (χ1n) is 9.68. The van der Waals surface area contributed by atoms with Gasteiger partial charge in [-0.05, 0) is 35.4 Å². The number of nitrogens with two attached hydrogens (primary N) is 1. The quantitative estimate of drug-likeness (QED) is 0.600. The van der Waals surface area contributed by atoms with Gasteiger partial charge in [0.25, 0.3) is 0 Å². The molecule has 1 atom stereocenters. The van der Waals surface area contributed by atoms with E-state index in [4.69, 9.17) is 26.8 Å².